The van der Waals surface area contributed by atoms with Gasteiger partial charge < -0.3 is 15.9 Å². The Hall–Kier alpha value is -0.710. The Morgan fingerprint density at radius 1 is 1.62 bits per heavy atom. The molecule has 1 aliphatic rings. The first-order valence-electron chi connectivity index (χ1n) is 4.31. The maximum atomic E-state index is 8.97. The lowest BCUT2D eigenvalue weighted by atomic mass is 9.94. The monoisotopic (exact) mass is 184 g/mol. The lowest BCUT2D eigenvalue weighted by Crippen LogP contribution is -2.35. The minimum atomic E-state index is -1.33. The van der Waals surface area contributed by atoms with Crippen molar-refractivity contribution in [3.63, 3.8) is 0 Å². The normalized spacial score (nSPS) is 23.5. The molecule has 0 amide bonds. The van der Waals surface area contributed by atoms with Gasteiger partial charge in [0.2, 0.25) is 0 Å². The van der Waals surface area contributed by atoms with Gasteiger partial charge in [-0.3, -0.25) is 4.99 Å². The Morgan fingerprint density at radius 2 is 2.23 bits per heavy atom. The van der Waals surface area contributed by atoms with Crippen molar-refractivity contribution in [2.45, 2.75) is 32.1 Å². The molecule has 0 aromatic rings. The highest BCUT2D eigenvalue weighted by Gasteiger charge is 2.23. The summed E-state index contributed by atoms with van der Waals surface area (Å²) < 4.78 is 0. The molecule has 0 saturated heterocycles. The van der Waals surface area contributed by atoms with E-state index in [0.29, 0.717) is 12.1 Å². The second-order valence-corrected chi connectivity index (χ2v) is 3.90. The van der Waals surface area contributed by atoms with Gasteiger partial charge in [-0.05, 0) is 20.3 Å². The molecule has 1 heterocycles. The second kappa shape index (κ2) is 3.57. The largest absolute Gasteiger partial charge is 0.368 e. The molecule has 1 unspecified atom stereocenters. The fraction of sp³-hybridized carbons (Fsp3) is 0.667. The smallest absolute Gasteiger partial charge is 0.158 e. The van der Waals surface area contributed by atoms with Crippen LogP contribution in [0.15, 0.2) is 16.8 Å². The Morgan fingerprint density at radius 3 is 2.69 bits per heavy atom. The molecule has 13 heavy (non-hydrogen) atoms. The number of hydrogen-bond acceptors (Lipinski definition) is 4. The molecular formula is C9H16N2O2. The zero-order valence-electron chi connectivity index (χ0n) is 7.94. The van der Waals surface area contributed by atoms with Gasteiger partial charge in [-0.2, -0.15) is 0 Å². The molecule has 0 fully saturated rings. The summed E-state index contributed by atoms with van der Waals surface area (Å²) in [7, 11) is 0. The minimum absolute atomic E-state index is 0.282. The van der Waals surface area contributed by atoms with Gasteiger partial charge in [0.05, 0.1) is 11.2 Å². The van der Waals surface area contributed by atoms with Gasteiger partial charge in [0.25, 0.3) is 0 Å². The third-order valence-electron chi connectivity index (χ3n) is 2.02. The number of aliphatic imine (C=N–C) groups is 1. The van der Waals surface area contributed by atoms with E-state index in [2.05, 4.69) is 4.99 Å². The summed E-state index contributed by atoms with van der Waals surface area (Å²) in [6, 6.07) is 0. The molecule has 0 spiro atoms. The Labute approximate surface area is 77.8 Å². The molecule has 0 radical (unpaired) electrons. The van der Waals surface area contributed by atoms with E-state index in [1.165, 1.54) is 0 Å². The zero-order valence-corrected chi connectivity index (χ0v) is 7.94. The lowest BCUT2D eigenvalue weighted by molar-refractivity contribution is -0.0684. The highest BCUT2D eigenvalue weighted by atomic mass is 16.5. The number of rotatable bonds is 2. The molecule has 4 N–H and O–H groups in total. The topological polar surface area (TPSA) is 78.8 Å². The maximum Gasteiger partial charge on any atom is 0.158 e. The molecule has 74 valence electrons. The van der Waals surface area contributed by atoms with Crippen LogP contribution in [0.25, 0.3) is 0 Å². The van der Waals surface area contributed by atoms with Crippen LogP contribution < -0.4 is 5.73 Å². The molecule has 0 saturated carbocycles. The van der Waals surface area contributed by atoms with Crippen molar-refractivity contribution in [2.24, 2.45) is 16.6 Å². The average molecular weight is 184 g/mol. The van der Waals surface area contributed by atoms with E-state index >= 15 is 0 Å². The first-order valence-corrected chi connectivity index (χ1v) is 4.31. The van der Waals surface area contributed by atoms with E-state index in [9.17, 15) is 0 Å². The highest BCUT2D eigenvalue weighted by molar-refractivity contribution is 5.62. The van der Waals surface area contributed by atoms with E-state index in [1.807, 2.05) is 13.8 Å². The van der Waals surface area contributed by atoms with E-state index in [0.717, 1.165) is 0 Å². The van der Waals surface area contributed by atoms with E-state index in [1.54, 1.807) is 12.3 Å². The van der Waals surface area contributed by atoms with Crippen molar-refractivity contribution in [3.05, 3.63) is 11.8 Å². The fourth-order valence-electron chi connectivity index (χ4n) is 1.18. The predicted molar refractivity (Wildman–Crippen MR) is 51.2 cm³/mol. The highest BCUT2D eigenvalue weighted by Crippen LogP contribution is 2.22. The summed E-state index contributed by atoms with van der Waals surface area (Å²) >= 11 is 0. The summed E-state index contributed by atoms with van der Waals surface area (Å²) in [6.45, 7) is 3.67. The number of aliphatic hydroxyl groups is 2. The number of aliphatic hydroxyl groups excluding tert-OH is 1. The van der Waals surface area contributed by atoms with Crippen LogP contribution in [0, 0.1) is 5.92 Å². The van der Waals surface area contributed by atoms with Crippen LogP contribution in [0.1, 0.15) is 20.3 Å². The minimum Gasteiger partial charge on any atom is -0.368 e. The van der Waals surface area contributed by atoms with E-state index in [4.69, 9.17) is 15.9 Å². The molecular weight excluding hydrogens is 168 g/mol. The summed E-state index contributed by atoms with van der Waals surface area (Å²) in [5, 5.41) is 17.9. The molecule has 4 heteroatoms. The molecule has 4 nitrogen and oxygen atoms in total. The lowest BCUT2D eigenvalue weighted by Gasteiger charge is -2.25. The van der Waals surface area contributed by atoms with Gasteiger partial charge in [-0.1, -0.05) is 6.08 Å². The van der Waals surface area contributed by atoms with Crippen LogP contribution in [0.3, 0.4) is 0 Å². The molecule has 1 rings (SSSR count). The molecule has 0 aliphatic carbocycles. The van der Waals surface area contributed by atoms with Crippen molar-refractivity contribution in [3.8, 4) is 0 Å². The predicted octanol–water partition coefficient (Wildman–Crippen LogP) is 0.00900. The average Bonchev–Trinajstić information content (AvgIpc) is 2.03. The SMILES string of the molecule is CC(C)(N)C1=CC(C(O)O)CC=N1. The number of nitrogens with zero attached hydrogens (tertiary/aromatic N) is 1. The van der Waals surface area contributed by atoms with E-state index < -0.39 is 11.8 Å². The van der Waals surface area contributed by atoms with Crippen molar-refractivity contribution < 1.29 is 10.2 Å². The first-order chi connectivity index (χ1) is 5.91. The van der Waals surface area contributed by atoms with Crippen molar-refractivity contribution in [1.29, 1.82) is 0 Å². The first kappa shape index (κ1) is 10.4. The molecule has 0 aromatic heterocycles. The van der Waals surface area contributed by atoms with Crippen molar-refractivity contribution in [2.75, 3.05) is 0 Å². The molecule has 1 atom stereocenters. The van der Waals surface area contributed by atoms with Gasteiger partial charge in [-0.15, -0.1) is 0 Å². The van der Waals surface area contributed by atoms with Crippen LogP contribution in [0.4, 0.5) is 0 Å². The van der Waals surface area contributed by atoms with Crippen molar-refractivity contribution >= 4 is 6.21 Å². The number of nitrogens with two attached hydrogens (primary N) is 1. The van der Waals surface area contributed by atoms with Gasteiger partial charge in [0.1, 0.15) is 0 Å². The van der Waals surface area contributed by atoms with Crippen LogP contribution in [0.5, 0.6) is 0 Å². The Kier molecular flexibility index (Phi) is 2.85. The molecule has 1 aliphatic heterocycles. The summed E-state index contributed by atoms with van der Waals surface area (Å²) in [4.78, 5) is 4.12. The van der Waals surface area contributed by atoms with Gasteiger partial charge in [-0.25, -0.2) is 0 Å². The Balaban J connectivity index is 2.81. The number of hydrogen-bond donors (Lipinski definition) is 3. The Bertz CT molecular complexity index is 238. The second-order valence-electron chi connectivity index (χ2n) is 3.90. The zero-order chi connectivity index (χ0) is 10.1. The summed E-state index contributed by atoms with van der Waals surface area (Å²) in [6.07, 6.45) is 2.62. The molecule has 0 bridgehead atoms. The quantitative estimate of drug-likeness (QED) is 0.529. The summed E-state index contributed by atoms with van der Waals surface area (Å²) in [5.41, 5.74) is 6.01. The third kappa shape index (κ3) is 2.62. The van der Waals surface area contributed by atoms with Gasteiger partial charge in [0.15, 0.2) is 6.29 Å². The molecule has 0 aromatic carbocycles. The standard InChI is InChI=1S/C9H16N2O2/c1-9(2,10)7-5-6(8(12)13)3-4-11-7/h4-6,8,12-13H,3,10H2,1-2H3. The van der Waals surface area contributed by atoms with Gasteiger partial charge in [0, 0.05) is 12.1 Å². The van der Waals surface area contributed by atoms with Crippen molar-refractivity contribution in [1.82, 2.24) is 0 Å². The maximum absolute atomic E-state index is 8.97. The van der Waals surface area contributed by atoms with E-state index in [-0.39, 0.29) is 5.92 Å². The third-order valence-corrected chi connectivity index (χ3v) is 2.02. The summed E-state index contributed by atoms with van der Waals surface area (Å²) in [5.74, 6) is -0.282. The van der Waals surface area contributed by atoms with Crippen LogP contribution in [-0.4, -0.2) is 28.3 Å². The fourth-order valence-corrected chi connectivity index (χ4v) is 1.18. The van der Waals surface area contributed by atoms with Crippen LogP contribution in [0.2, 0.25) is 0 Å². The van der Waals surface area contributed by atoms with Crippen LogP contribution >= 0.6 is 0 Å². The van der Waals surface area contributed by atoms with Crippen LogP contribution in [-0.2, 0) is 0 Å². The van der Waals surface area contributed by atoms with Gasteiger partial charge >= 0.3 is 0 Å².